The Morgan fingerprint density at radius 3 is 1.00 bits per heavy atom. The van der Waals surface area contributed by atoms with Crippen molar-refractivity contribution < 1.29 is 38.0 Å². The van der Waals surface area contributed by atoms with Gasteiger partial charge in [0.25, 0.3) is 0 Å². The molecule has 0 bridgehead atoms. The van der Waals surface area contributed by atoms with Gasteiger partial charge in [-0.1, -0.05) is 220 Å². The lowest BCUT2D eigenvalue weighted by molar-refractivity contribution is -0.159. The molecule has 0 amide bonds. The first-order chi connectivity index (χ1) is 37.5. The molecule has 1 heterocycles. The zero-order chi connectivity index (χ0) is 54.7. The molecule has 0 unspecified atom stereocenters. The average molecular weight is 1090 g/mol. The highest BCUT2D eigenvalue weighted by molar-refractivity contribution is 7.09. The van der Waals surface area contributed by atoms with Gasteiger partial charge in [0.05, 0.1) is 31.1 Å². The van der Waals surface area contributed by atoms with E-state index in [0.717, 1.165) is 77.4 Å². The third kappa shape index (κ3) is 51.8. The van der Waals surface area contributed by atoms with Crippen LogP contribution in [0.2, 0.25) is 0 Å². The molecule has 0 aliphatic heterocycles. The number of aryl methyl sites for hydroxylation is 1. The van der Waals surface area contributed by atoms with Gasteiger partial charge in [0, 0.05) is 50.8 Å². The second kappa shape index (κ2) is 59.5. The number of esters is 2. The first-order valence-corrected chi connectivity index (χ1v) is 33.8. The van der Waals surface area contributed by atoms with Crippen molar-refractivity contribution in [1.29, 1.82) is 0 Å². The summed E-state index contributed by atoms with van der Waals surface area (Å²) in [5.74, 6) is -0.265. The Morgan fingerprint density at radius 2 is 0.684 bits per heavy atom. The van der Waals surface area contributed by atoms with Crippen LogP contribution in [0, 0.1) is 0 Å². The van der Waals surface area contributed by atoms with Crippen LogP contribution in [0.15, 0.2) is 11.6 Å². The molecule has 1 aromatic rings. The van der Waals surface area contributed by atoms with E-state index in [1.165, 1.54) is 210 Å². The summed E-state index contributed by atoms with van der Waals surface area (Å²) in [4.78, 5) is 32.6. The minimum absolute atomic E-state index is 0.132. The largest absolute Gasteiger partial charge is 0.466 e. The van der Waals surface area contributed by atoms with E-state index in [9.17, 15) is 9.59 Å². The number of nitrogens with zero attached hydrogens (tertiary/aromatic N) is 2. The van der Waals surface area contributed by atoms with E-state index < -0.39 is 0 Å². The average Bonchev–Trinajstić information content (AvgIpc) is 3.95. The maximum Gasteiger partial charge on any atom is 0.305 e. The van der Waals surface area contributed by atoms with Crippen molar-refractivity contribution in [1.82, 2.24) is 9.88 Å². The molecule has 1 rings (SSSR count). The molecule has 0 saturated carbocycles. The smallest absolute Gasteiger partial charge is 0.305 e. The van der Waals surface area contributed by atoms with Crippen LogP contribution in [0.1, 0.15) is 315 Å². The topological polar surface area (TPSA) is 106 Å². The van der Waals surface area contributed by atoms with Crippen LogP contribution >= 0.6 is 11.3 Å². The molecular formula is C65H124N2O8S. The summed E-state index contributed by atoms with van der Waals surface area (Å²) in [5.41, 5.74) is 0. The van der Waals surface area contributed by atoms with Crippen LogP contribution in [-0.4, -0.2) is 93.7 Å². The van der Waals surface area contributed by atoms with Gasteiger partial charge < -0.3 is 33.3 Å². The molecule has 1 aromatic heterocycles. The quantitative estimate of drug-likeness (QED) is 0.0356. The van der Waals surface area contributed by atoms with Gasteiger partial charge in [0.15, 0.2) is 12.6 Å². The van der Waals surface area contributed by atoms with Crippen molar-refractivity contribution in [3.8, 4) is 0 Å². The Morgan fingerprint density at radius 1 is 0.395 bits per heavy atom. The monoisotopic (exact) mass is 1090 g/mol. The number of unbranched alkanes of at least 4 members (excludes halogenated alkanes) is 33. The zero-order valence-electron chi connectivity index (χ0n) is 50.6. The normalized spacial score (nSPS) is 11.8. The predicted molar refractivity (Wildman–Crippen MR) is 321 cm³/mol. The lowest BCUT2D eigenvalue weighted by Gasteiger charge is -2.22. The van der Waals surface area contributed by atoms with Gasteiger partial charge in [-0.3, -0.25) is 9.59 Å². The molecule has 0 N–H and O–H groups in total. The first-order valence-electron chi connectivity index (χ1n) is 32.9. The third-order valence-corrected chi connectivity index (χ3v) is 15.6. The summed E-state index contributed by atoms with van der Waals surface area (Å²) in [6, 6.07) is 0. The Hall–Kier alpha value is -1.63. The van der Waals surface area contributed by atoms with Crippen LogP contribution < -0.4 is 0 Å². The van der Waals surface area contributed by atoms with E-state index in [-0.39, 0.29) is 24.5 Å². The van der Waals surface area contributed by atoms with Gasteiger partial charge in [-0.25, -0.2) is 4.98 Å². The van der Waals surface area contributed by atoms with Gasteiger partial charge in [-0.2, -0.15) is 0 Å². The molecule has 448 valence electrons. The molecule has 0 saturated heterocycles. The number of thiazole rings is 1. The number of carbonyl (C=O) groups is 2. The van der Waals surface area contributed by atoms with Crippen LogP contribution in [-0.2, 0) is 44.4 Å². The molecule has 0 fully saturated rings. The van der Waals surface area contributed by atoms with Gasteiger partial charge in [0.2, 0.25) is 0 Å². The summed E-state index contributed by atoms with van der Waals surface area (Å²) < 4.78 is 36.0. The van der Waals surface area contributed by atoms with Gasteiger partial charge in [0.1, 0.15) is 0 Å². The van der Waals surface area contributed by atoms with E-state index >= 15 is 0 Å². The number of hydrogen-bond acceptors (Lipinski definition) is 11. The zero-order valence-corrected chi connectivity index (χ0v) is 51.4. The van der Waals surface area contributed by atoms with Crippen molar-refractivity contribution in [2.24, 2.45) is 0 Å². The number of aromatic nitrogens is 1. The summed E-state index contributed by atoms with van der Waals surface area (Å²) in [6.07, 6.45) is 52.8. The fraction of sp³-hybridized carbons (Fsp3) is 0.923. The van der Waals surface area contributed by atoms with Crippen LogP contribution in [0.25, 0.3) is 0 Å². The number of hydrogen-bond donors (Lipinski definition) is 0. The SMILES string of the molecule is CCCCCCCCCOC(CCC(=O)OCCCCCCCN(CCCCCCCOC(=O)CCC(OCCCCCCCCC)OCCCCCCCCC)CCCCc1nccs1)OCCCCCCCCC. The van der Waals surface area contributed by atoms with Gasteiger partial charge in [-0.15, -0.1) is 11.3 Å². The maximum absolute atomic E-state index is 12.7. The maximum atomic E-state index is 12.7. The summed E-state index contributed by atoms with van der Waals surface area (Å²) in [5, 5.41) is 3.32. The number of rotatable bonds is 63. The Kier molecular flexibility index (Phi) is 56.7. The van der Waals surface area contributed by atoms with E-state index in [2.05, 4.69) is 43.0 Å². The number of ether oxygens (including phenoxy) is 6. The summed E-state index contributed by atoms with van der Waals surface area (Å²) in [6.45, 7) is 16.3. The van der Waals surface area contributed by atoms with Crippen LogP contribution in [0.5, 0.6) is 0 Å². The Bertz CT molecular complexity index is 1190. The molecule has 0 aliphatic carbocycles. The van der Waals surface area contributed by atoms with E-state index in [1.54, 1.807) is 11.3 Å². The third-order valence-electron chi connectivity index (χ3n) is 14.7. The highest BCUT2D eigenvalue weighted by Crippen LogP contribution is 2.17. The lowest BCUT2D eigenvalue weighted by atomic mass is 10.1. The molecule has 0 atom stereocenters. The fourth-order valence-corrected chi connectivity index (χ4v) is 10.4. The Labute approximate surface area is 474 Å². The first kappa shape index (κ1) is 72.4. The molecule has 0 radical (unpaired) electrons. The van der Waals surface area contributed by atoms with Crippen molar-refractivity contribution in [3.05, 3.63) is 16.6 Å². The van der Waals surface area contributed by atoms with Crippen LogP contribution in [0.3, 0.4) is 0 Å². The molecule has 10 nitrogen and oxygen atoms in total. The Balaban J connectivity index is 2.34. The predicted octanol–water partition coefficient (Wildman–Crippen LogP) is 19.0. The molecule has 0 aromatic carbocycles. The van der Waals surface area contributed by atoms with E-state index in [1.807, 2.05) is 6.20 Å². The molecule has 0 spiro atoms. The molecule has 0 aliphatic rings. The molecule has 76 heavy (non-hydrogen) atoms. The second-order valence-electron chi connectivity index (χ2n) is 22.1. The summed E-state index contributed by atoms with van der Waals surface area (Å²) >= 11 is 1.76. The second-order valence-corrected chi connectivity index (χ2v) is 23.1. The molecule has 11 heteroatoms. The van der Waals surface area contributed by atoms with Crippen molar-refractivity contribution >= 4 is 23.3 Å². The van der Waals surface area contributed by atoms with Crippen molar-refractivity contribution in [2.45, 2.75) is 329 Å². The van der Waals surface area contributed by atoms with E-state index in [0.29, 0.717) is 65.3 Å². The van der Waals surface area contributed by atoms with Gasteiger partial charge >= 0.3 is 11.9 Å². The van der Waals surface area contributed by atoms with Crippen molar-refractivity contribution in [2.75, 3.05) is 59.3 Å². The van der Waals surface area contributed by atoms with Gasteiger partial charge in [-0.05, 0) is 90.3 Å². The highest BCUT2D eigenvalue weighted by Gasteiger charge is 2.16. The van der Waals surface area contributed by atoms with Crippen molar-refractivity contribution in [3.63, 3.8) is 0 Å². The lowest BCUT2D eigenvalue weighted by Crippen LogP contribution is -2.27. The summed E-state index contributed by atoms with van der Waals surface area (Å²) in [7, 11) is 0. The fourth-order valence-electron chi connectivity index (χ4n) is 9.77. The number of carbonyl (C=O) groups excluding carboxylic acids is 2. The van der Waals surface area contributed by atoms with Crippen LogP contribution in [0.4, 0.5) is 0 Å². The standard InChI is InChI=1S/C65H124N2O8S/c1-5-9-13-17-21-29-41-56-72-64(73-57-42-30-22-18-14-10-6-2)48-46-62(68)70-54-39-33-25-27-36-51-67(53-38-35-45-61-66-50-60-76-61)52-37-28-26-34-40-55-71-63(69)47-49-65(74-58-43-31-23-19-15-11-7-3)75-59-44-32-24-20-16-12-8-4/h50,60,64-65H,5-49,51-59H2,1-4H3. The molecular weight excluding hydrogens is 969 g/mol. The minimum Gasteiger partial charge on any atom is -0.466 e. The minimum atomic E-state index is -0.321. The van der Waals surface area contributed by atoms with E-state index in [4.69, 9.17) is 28.4 Å². The highest BCUT2D eigenvalue weighted by atomic mass is 32.1.